The molecule has 0 radical (unpaired) electrons. The van der Waals surface area contributed by atoms with Crippen LogP contribution < -0.4 is 15.5 Å². The minimum atomic E-state index is -2.73. The Bertz CT molecular complexity index is 1210. The zero-order valence-electron chi connectivity index (χ0n) is 20.7. The molecule has 0 aromatic carbocycles. The first-order valence-electron chi connectivity index (χ1n) is 12.6. The summed E-state index contributed by atoms with van der Waals surface area (Å²) in [5.74, 6) is 1.60. The van der Waals surface area contributed by atoms with Crippen molar-refractivity contribution in [1.29, 1.82) is 0 Å². The van der Waals surface area contributed by atoms with Gasteiger partial charge in [0.1, 0.15) is 11.6 Å². The normalized spacial score (nSPS) is 24.3. The van der Waals surface area contributed by atoms with Gasteiger partial charge < -0.3 is 25.7 Å². The van der Waals surface area contributed by atoms with Gasteiger partial charge in [-0.15, -0.1) is 0 Å². The van der Waals surface area contributed by atoms with Crippen molar-refractivity contribution in [2.75, 3.05) is 28.6 Å². The first kappa shape index (κ1) is 25.3. The molecule has 1 aliphatic heterocycles. The Morgan fingerprint density at radius 1 is 1.14 bits per heavy atom. The van der Waals surface area contributed by atoms with Crippen LogP contribution in [0.15, 0.2) is 36.8 Å². The summed E-state index contributed by atoms with van der Waals surface area (Å²) in [6.45, 7) is 0.388. The molecule has 12 heteroatoms. The summed E-state index contributed by atoms with van der Waals surface area (Å²) < 4.78 is 26.9. The molecule has 4 heterocycles. The molecule has 1 saturated heterocycles. The summed E-state index contributed by atoms with van der Waals surface area (Å²) in [4.78, 5) is 15.4. The minimum absolute atomic E-state index is 0.114. The average molecular weight is 515 g/mol. The van der Waals surface area contributed by atoms with E-state index in [-0.39, 0.29) is 6.04 Å². The molecule has 1 atom stereocenters. The molecule has 5 rings (SSSR count). The van der Waals surface area contributed by atoms with Gasteiger partial charge in [0.05, 0.1) is 17.4 Å². The summed E-state index contributed by atoms with van der Waals surface area (Å²) in [5.41, 5.74) is 1.03. The molecule has 198 valence electrons. The van der Waals surface area contributed by atoms with Crippen LogP contribution in [-0.4, -0.2) is 65.8 Å². The monoisotopic (exact) mass is 514 g/mol. The lowest BCUT2D eigenvalue weighted by atomic mass is 9.83. The summed E-state index contributed by atoms with van der Waals surface area (Å²) in [6, 6.07) is 5.20. The van der Waals surface area contributed by atoms with Crippen LogP contribution in [0.4, 0.5) is 32.1 Å². The molecule has 0 unspecified atom stereocenters. The third-order valence-corrected chi connectivity index (χ3v) is 6.99. The predicted molar refractivity (Wildman–Crippen MR) is 136 cm³/mol. The average Bonchev–Trinajstić information content (AvgIpc) is 3.36. The van der Waals surface area contributed by atoms with Crippen LogP contribution in [0, 0.1) is 0 Å². The maximum Gasteiger partial charge on any atom is 0.333 e. The molecule has 4 N–H and O–H groups in total. The van der Waals surface area contributed by atoms with Crippen LogP contribution in [0.3, 0.4) is 0 Å². The molecule has 3 aromatic heterocycles. The van der Waals surface area contributed by atoms with E-state index in [9.17, 15) is 19.0 Å². The quantitative estimate of drug-likeness (QED) is 0.371. The van der Waals surface area contributed by atoms with Crippen LogP contribution >= 0.6 is 0 Å². The van der Waals surface area contributed by atoms with E-state index in [0.717, 1.165) is 32.2 Å². The number of piperidine rings is 1. The number of halogens is 2. The van der Waals surface area contributed by atoms with Gasteiger partial charge in [-0.2, -0.15) is 18.9 Å². The number of rotatable bonds is 7. The summed E-state index contributed by atoms with van der Waals surface area (Å²) in [5, 5.41) is 31.1. The highest BCUT2D eigenvalue weighted by atomic mass is 19.3. The summed E-state index contributed by atoms with van der Waals surface area (Å²) in [6.07, 6.45) is 8.65. The number of anilines is 4. The second-order valence-corrected chi connectivity index (χ2v) is 10.1. The number of β-amino-alcohol motifs (C(OH)–C–C–N with tert-alkyl or cyclic N) is 1. The Morgan fingerprint density at radius 2 is 1.95 bits per heavy atom. The van der Waals surface area contributed by atoms with Crippen molar-refractivity contribution in [3.8, 4) is 11.3 Å². The van der Waals surface area contributed by atoms with E-state index in [1.165, 1.54) is 12.3 Å². The predicted octanol–water partition coefficient (Wildman–Crippen LogP) is 3.94. The van der Waals surface area contributed by atoms with Gasteiger partial charge in [-0.25, -0.2) is 14.6 Å². The van der Waals surface area contributed by atoms with E-state index in [1.807, 2.05) is 17.9 Å². The van der Waals surface area contributed by atoms with Crippen molar-refractivity contribution < 1.29 is 19.0 Å². The van der Waals surface area contributed by atoms with Crippen LogP contribution in [0.2, 0.25) is 0 Å². The number of pyridine rings is 1. The topological polar surface area (TPSA) is 124 Å². The molecule has 10 nitrogen and oxygen atoms in total. The van der Waals surface area contributed by atoms with Gasteiger partial charge in [0.15, 0.2) is 0 Å². The Balaban J connectivity index is 1.39. The van der Waals surface area contributed by atoms with Gasteiger partial charge in [0.25, 0.3) is 0 Å². The van der Waals surface area contributed by atoms with E-state index in [2.05, 4.69) is 30.7 Å². The van der Waals surface area contributed by atoms with E-state index < -0.39 is 18.3 Å². The van der Waals surface area contributed by atoms with Gasteiger partial charge in [0.2, 0.25) is 5.95 Å². The van der Waals surface area contributed by atoms with E-state index in [4.69, 9.17) is 0 Å². The fourth-order valence-corrected chi connectivity index (χ4v) is 4.88. The first-order valence-corrected chi connectivity index (χ1v) is 12.6. The molecule has 2 aliphatic rings. The Labute approximate surface area is 213 Å². The maximum atomic E-state index is 13.1. The largest absolute Gasteiger partial charge is 0.391 e. The highest BCUT2D eigenvalue weighted by Gasteiger charge is 2.29. The van der Waals surface area contributed by atoms with E-state index >= 15 is 0 Å². The molecule has 0 spiro atoms. The number of aliphatic hydroxyl groups is 2. The van der Waals surface area contributed by atoms with Crippen molar-refractivity contribution in [3.63, 3.8) is 0 Å². The molecular weight excluding hydrogens is 482 g/mol. The SMILES string of the molecule is CC1(O)CCC(Nc2cc(Nc3ccnc(N4CCC[C@H](O)C4)n3)ncc2-c2ccn(C(F)F)n2)CC1. The highest BCUT2D eigenvalue weighted by Crippen LogP contribution is 2.34. The van der Waals surface area contributed by atoms with Crippen LogP contribution in [0.5, 0.6) is 0 Å². The van der Waals surface area contributed by atoms with Crippen molar-refractivity contribution in [2.45, 2.75) is 69.7 Å². The van der Waals surface area contributed by atoms with Crippen LogP contribution in [-0.2, 0) is 0 Å². The van der Waals surface area contributed by atoms with Gasteiger partial charge in [-0.1, -0.05) is 0 Å². The van der Waals surface area contributed by atoms with Crippen molar-refractivity contribution in [2.24, 2.45) is 0 Å². The molecule has 0 bridgehead atoms. The number of aliphatic hydroxyl groups excluding tert-OH is 1. The maximum absolute atomic E-state index is 13.1. The van der Waals surface area contributed by atoms with E-state index in [0.29, 0.717) is 58.6 Å². The Hall–Kier alpha value is -3.38. The van der Waals surface area contributed by atoms with Gasteiger partial charge in [-0.3, -0.25) is 0 Å². The van der Waals surface area contributed by atoms with Crippen LogP contribution in [0.25, 0.3) is 11.3 Å². The number of aromatic nitrogens is 5. The standard InChI is InChI=1S/C25H32F2N8O2/c1-25(37)8-4-16(5-9-25)30-20-13-22(29-14-18(20)19-7-12-35(33-19)23(26)27)31-21-6-10-28-24(32-21)34-11-2-3-17(36)15-34/h6-7,10,12-14,16-17,23,36-37H,2-5,8-9,11,15H2,1H3,(H2,28,29,30,31,32)/t16?,17-,25?/m0/s1. The smallest absolute Gasteiger partial charge is 0.333 e. The van der Waals surface area contributed by atoms with Gasteiger partial charge in [-0.05, 0) is 57.6 Å². The molecular formula is C25H32F2N8O2. The van der Waals surface area contributed by atoms with Crippen molar-refractivity contribution in [1.82, 2.24) is 24.7 Å². The molecule has 1 aliphatic carbocycles. The Morgan fingerprint density at radius 3 is 2.68 bits per heavy atom. The Kier molecular flexibility index (Phi) is 7.20. The number of alkyl halides is 2. The number of hydrogen-bond donors (Lipinski definition) is 4. The molecule has 1 saturated carbocycles. The van der Waals surface area contributed by atoms with Gasteiger partial charge >= 0.3 is 6.55 Å². The first-order chi connectivity index (χ1) is 17.8. The summed E-state index contributed by atoms with van der Waals surface area (Å²) >= 11 is 0. The molecule has 3 aromatic rings. The third-order valence-electron chi connectivity index (χ3n) is 6.99. The lowest BCUT2D eigenvalue weighted by Gasteiger charge is -2.34. The highest BCUT2D eigenvalue weighted by molar-refractivity contribution is 5.77. The van der Waals surface area contributed by atoms with Crippen LogP contribution in [0.1, 0.15) is 52.0 Å². The molecule has 37 heavy (non-hydrogen) atoms. The second kappa shape index (κ2) is 10.5. The second-order valence-electron chi connectivity index (χ2n) is 10.1. The van der Waals surface area contributed by atoms with Gasteiger partial charge in [0, 0.05) is 55.0 Å². The summed E-state index contributed by atoms with van der Waals surface area (Å²) in [7, 11) is 0. The fraction of sp³-hybridized carbons (Fsp3) is 0.520. The van der Waals surface area contributed by atoms with Crippen molar-refractivity contribution in [3.05, 3.63) is 36.8 Å². The fourth-order valence-electron chi connectivity index (χ4n) is 4.88. The minimum Gasteiger partial charge on any atom is -0.391 e. The number of nitrogens with one attached hydrogen (secondary N) is 2. The van der Waals surface area contributed by atoms with E-state index in [1.54, 1.807) is 18.5 Å². The zero-order chi connectivity index (χ0) is 26.0. The number of nitrogens with zero attached hydrogens (tertiary/aromatic N) is 6. The van der Waals surface area contributed by atoms with Crippen molar-refractivity contribution >= 4 is 23.3 Å². The lowest BCUT2D eigenvalue weighted by molar-refractivity contribution is 0.0196. The molecule has 0 amide bonds. The third kappa shape index (κ3) is 6.13. The lowest BCUT2D eigenvalue weighted by Crippen LogP contribution is -2.39. The zero-order valence-corrected chi connectivity index (χ0v) is 20.7. The number of hydrogen-bond acceptors (Lipinski definition) is 9. The molecule has 2 fully saturated rings.